The van der Waals surface area contributed by atoms with Gasteiger partial charge < -0.3 is 28.6 Å². The Labute approximate surface area is 414 Å². The highest BCUT2D eigenvalue weighted by atomic mass is 16.6. The molecule has 0 saturated heterocycles. The van der Waals surface area contributed by atoms with E-state index in [2.05, 4.69) is 50.3 Å². The fourth-order valence-corrected chi connectivity index (χ4v) is 8.57. The van der Waals surface area contributed by atoms with Crippen molar-refractivity contribution in [2.24, 2.45) is 0 Å². The van der Waals surface area contributed by atoms with E-state index in [1.807, 2.05) is 21.1 Å². The Bertz CT molecular complexity index is 1190. The Morgan fingerprint density at radius 1 is 0.448 bits per heavy atom. The Balaban J connectivity index is 4.20. The molecule has 2 unspecified atom stereocenters. The minimum Gasteiger partial charge on any atom is -0.544 e. The Hall–Kier alpha value is -2.45. The van der Waals surface area contributed by atoms with Gasteiger partial charge in [0.25, 0.3) is 0 Å². The summed E-state index contributed by atoms with van der Waals surface area (Å²) in [7, 11) is 5.42. The molecule has 0 aromatic heterocycles. The van der Waals surface area contributed by atoms with Crippen molar-refractivity contribution in [1.29, 1.82) is 0 Å². The summed E-state index contributed by atoms with van der Waals surface area (Å²) in [6.45, 7) is 4.69. The summed E-state index contributed by atoms with van der Waals surface area (Å²) >= 11 is 0. The Morgan fingerprint density at radius 2 is 0.791 bits per heavy atom. The van der Waals surface area contributed by atoms with Crippen LogP contribution in [-0.4, -0.2) is 75.5 Å². The van der Waals surface area contributed by atoms with Crippen LogP contribution in [0.3, 0.4) is 0 Å². The maximum absolute atomic E-state index is 12.8. The molecule has 0 bridgehead atoms. The van der Waals surface area contributed by atoms with Crippen molar-refractivity contribution in [3.8, 4) is 0 Å². The van der Waals surface area contributed by atoms with Gasteiger partial charge >= 0.3 is 11.9 Å². The smallest absolute Gasteiger partial charge is 0.306 e. The molecular weight excluding hydrogens is 835 g/mol. The van der Waals surface area contributed by atoms with Crippen LogP contribution in [0.1, 0.15) is 271 Å². The molecule has 0 fully saturated rings. The highest BCUT2D eigenvalue weighted by molar-refractivity contribution is 5.70. The van der Waals surface area contributed by atoms with E-state index < -0.39 is 18.1 Å². The average molecular weight is 945 g/mol. The monoisotopic (exact) mass is 944 g/mol. The third-order valence-electron chi connectivity index (χ3n) is 13.0. The number of carboxylic acids is 1. The van der Waals surface area contributed by atoms with Gasteiger partial charge in [-0.2, -0.15) is 0 Å². The number of allylic oxidation sites excluding steroid dienone is 6. The number of rotatable bonds is 52. The zero-order chi connectivity index (χ0) is 49.2. The van der Waals surface area contributed by atoms with E-state index in [-0.39, 0.29) is 42.7 Å². The lowest BCUT2D eigenvalue weighted by molar-refractivity contribution is -0.889. The maximum atomic E-state index is 12.8. The SMILES string of the molecule is CCCCCCCCCCC/C=C/C/C=C/CCCCCCCCCC(=O)OC(COCCC(C(=O)[O-])[N+](C)(C)C)COC(=O)CCCCCCCCC/C=C/CCCCCCCCCCC. The van der Waals surface area contributed by atoms with E-state index in [1.54, 1.807) is 0 Å². The lowest BCUT2D eigenvalue weighted by Gasteiger charge is -2.34. The highest BCUT2D eigenvalue weighted by Gasteiger charge is 2.25. The number of unbranched alkanes of at least 4 members (excludes halogenated alkanes) is 32. The van der Waals surface area contributed by atoms with E-state index in [9.17, 15) is 19.5 Å². The van der Waals surface area contributed by atoms with Crippen molar-refractivity contribution in [3.63, 3.8) is 0 Å². The summed E-state index contributed by atoms with van der Waals surface area (Å²) in [6.07, 6.45) is 60.4. The standard InChI is InChI=1S/C59H109NO7/c1-6-8-10-12-14-16-18-20-22-24-26-28-29-30-32-34-36-38-40-42-44-46-48-50-58(62)67-55(53-65-52-51-56(59(63)64)60(3,4)5)54-66-57(61)49-47-45-43-41-39-37-35-33-31-27-25-23-21-19-17-15-13-11-9-7-2/h26-28,30-32,55-56H,6-25,29,33-54H2,1-5H3/b28-26+,31-27+,32-30+. The molecule has 0 radical (unpaired) electrons. The van der Waals surface area contributed by atoms with Crippen molar-refractivity contribution in [3.05, 3.63) is 36.5 Å². The second kappa shape index (κ2) is 50.0. The van der Waals surface area contributed by atoms with Gasteiger partial charge in [-0.1, -0.05) is 217 Å². The zero-order valence-corrected chi connectivity index (χ0v) is 44.8. The molecule has 0 heterocycles. The first kappa shape index (κ1) is 64.5. The van der Waals surface area contributed by atoms with Gasteiger partial charge in [0.05, 0.1) is 40.3 Å². The number of esters is 2. The van der Waals surface area contributed by atoms with Crippen LogP contribution in [0.15, 0.2) is 36.5 Å². The number of quaternary nitrogens is 1. The second-order valence-corrected chi connectivity index (χ2v) is 20.5. The van der Waals surface area contributed by atoms with Gasteiger partial charge in [0.15, 0.2) is 6.10 Å². The van der Waals surface area contributed by atoms with Gasteiger partial charge in [0, 0.05) is 19.3 Å². The summed E-state index contributed by atoms with van der Waals surface area (Å²) in [4.78, 5) is 37.1. The first-order chi connectivity index (χ1) is 32.6. The molecule has 0 aromatic carbocycles. The van der Waals surface area contributed by atoms with Crippen LogP contribution >= 0.6 is 0 Å². The van der Waals surface area contributed by atoms with E-state index in [1.165, 1.54) is 186 Å². The third-order valence-corrected chi connectivity index (χ3v) is 13.0. The number of carbonyl (C=O) groups is 3. The molecule has 0 aliphatic rings. The molecule has 0 aliphatic carbocycles. The van der Waals surface area contributed by atoms with E-state index in [0.717, 1.165) is 51.4 Å². The number of likely N-dealkylation sites (N-methyl/N-ethyl adjacent to an activating group) is 1. The lowest BCUT2D eigenvalue weighted by Crippen LogP contribution is -2.55. The topological polar surface area (TPSA) is 102 Å². The Morgan fingerprint density at radius 3 is 1.16 bits per heavy atom. The predicted molar refractivity (Wildman–Crippen MR) is 282 cm³/mol. The highest BCUT2D eigenvalue weighted by Crippen LogP contribution is 2.16. The number of carbonyl (C=O) groups excluding carboxylic acids is 3. The fourth-order valence-electron chi connectivity index (χ4n) is 8.57. The minimum atomic E-state index is -1.12. The van der Waals surface area contributed by atoms with Gasteiger partial charge in [-0.25, -0.2) is 0 Å². The number of hydrogen-bond acceptors (Lipinski definition) is 7. The number of hydrogen-bond donors (Lipinski definition) is 0. The van der Waals surface area contributed by atoms with Crippen LogP contribution in [0.25, 0.3) is 0 Å². The van der Waals surface area contributed by atoms with Crippen LogP contribution in [0.4, 0.5) is 0 Å². The number of carboxylic acid groups (broad SMARTS) is 1. The molecule has 8 heteroatoms. The van der Waals surface area contributed by atoms with Gasteiger partial charge in [-0.3, -0.25) is 9.59 Å². The van der Waals surface area contributed by atoms with Crippen molar-refractivity contribution >= 4 is 17.9 Å². The number of ether oxygens (including phenoxy) is 3. The maximum Gasteiger partial charge on any atom is 0.306 e. The lowest BCUT2D eigenvalue weighted by atomic mass is 10.1. The molecule has 2 atom stereocenters. The third kappa shape index (κ3) is 48.4. The first-order valence-corrected chi connectivity index (χ1v) is 28.5. The minimum absolute atomic E-state index is 0.0380. The number of aliphatic carboxylic acids is 1. The summed E-state index contributed by atoms with van der Waals surface area (Å²) in [6, 6.07) is -0.728. The number of nitrogens with zero attached hydrogens (tertiary/aromatic N) is 1. The van der Waals surface area contributed by atoms with Crippen molar-refractivity contribution in [2.75, 3.05) is 41.0 Å². The summed E-state index contributed by atoms with van der Waals surface area (Å²) in [5.74, 6) is -1.74. The summed E-state index contributed by atoms with van der Waals surface area (Å²) in [5, 5.41) is 11.7. The molecule has 0 aromatic rings. The van der Waals surface area contributed by atoms with Gasteiger partial charge in [-0.05, 0) is 70.6 Å². The quantitative estimate of drug-likeness (QED) is 0.0259. The summed E-state index contributed by atoms with van der Waals surface area (Å²) < 4.78 is 17.3. The largest absolute Gasteiger partial charge is 0.544 e. The van der Waals surface area contributed by atoms with Gasteiger partial charge in [0.2, 0.25) is 0 Å². The second-order valence-electron chi connectivity index (χ2n) is 20.5. The van der Waals surface area contributed by atoms with Crippen LogP contribution in [0.5, 0.6) is 0 Å². The normalized spacial score (nSPS) is 13.0. The van der Waals surface area contributed by atoms with Gasteiger partial charge in [-0.15, -0.1) is 0 Å². The van der Waals surface area contributed by atoms with Crippen molar-refractivity contribution < 1.29 is 38.2 Å². The van der Waals surface area contributed by atoms with Crippen molar-refractivity contribution in [1.82, 2.24) is 0 Å². The molecular formula is C59H109NO7. The molecule has 8 nitrogen and oxygen atoms in total. The molecule has 0 aliphatic heterocycles. The van der Waals surface area contributed by atoms with Crippen molar-refractivity contribution in [2.45, 2.75) is 283 Å². The van der Waals surface area contributed by atoms with Crippen LogP contribution in [0.2, 0.25) is 0 Å². The molecule has 0 spiro atoms. The molecule has 0 amide bonds. The van der Waals surface area contributed by atoms with Crippen LogP contribution in [-0.2, 0) is 28.6 Å². The summed E-state index contributed by atoms with van der Waals surface area (Å²) in [5.41, 5.74) is 0. The van der Waals surface area contributed by atoms with Crippen LogP contribution in [0, 0.1) is 0 Å². The van der Waals surface area contributed by atoms with E-state index >= 15 is 0 Å². The first-order valence-electron chi connectivity index (χ1n) is 28.5. The average Bonchev–Trinajstić information content (AvgIpc) is 3.29. The fraction of sp³-hybridized carbons (Fsp3) is 0.847. The molecule has 67 heavy (non-hydrogen) atoms. The molecule has 0 N–H and O–H groups in total. The molecule has 0 saturated carbocycles. The van der Waals surface area contributed by atoms with Crippen LogP contribution < -0.4 is 5.11 Å². The molecule has 0 rings (SSSR count). The predicted octanol–water partition coefficient (Wildman–Crippen LogP) is 15.6. The molecule has 392 valence electrons. The Kier molecular flexibility index (Phi) is 48.1. The zero-order valence-electron chi connectivity index (χ0n) is 44.8. The van der Waals surface area contributed by atoms with E-state index in [4.69, 9.17) is 14.2 Å². The van der Waals surface area contributed by atoms with Gasteiger partial charge in [0.1, 0.15) is 12.6 Å². The van der Waals surface area contributed by atoms with E-state index in [0.29, 0.717) is 12.8 Å².